The van der Waals surface area contributed by atoms with Crippen molar-refractivity contribution in [3.05, 3.63) is 52.7 Å². The molecule has 12 nitrogen and oxygen atoms in total. The Balaban J connectivity index is 1.48. The molecule has 1 fully saturated rings. The number of carbonyl (C=O) groups excluding carboxylic acids is 3. The van der Waals surface area contributed by atoms with Crippen molar-refractivity contribution in [3.63, 3.8) is 0 Å². The molecule has 1 aliphatic heterocycles. The predicted octanol–water partition coefficient (Wildman–Crippen LogP) is 2.36. The quantitative estimate of drug-likeness (QED) is 0.446. The number of anilines is 1. The van der Waals surface area contributed by atoms with E-state index in [0.29, 0.717) is 26.2 Å². The van der Waals surface area contributed by atoms with Crippen LogP contribution in [0.1, 0.15) is 33.6 Å². The zero-order valence-electron chi connectivity index (χ0n) is 21.9. The van der Waals surface area contributed by atoms with Crippen molar-refractivity contribution < 1.29 is 27.6 Å². The standard InChI is InChI=1S/C25H25ClF3N9O3/c1-14(31)23(40)36-7-9-37(10-8-36)24(41)16-4-3-15(11-18(16)26)33-22(39)21-32-12-19(35(21)2)17-13-38(6-5-30)34-20(17)25(27,28)29/h3-4,11-14H,6-10,31H2,1-2H3,(H,33,39). The van der Waals surface area contributed by atoms with Crippen LogP contribution in [0.3, 0.4) is 0 Å². The Kier molecular flexibility index (Phi) is 8.36. The third kappa shape index (κ3) is 6.18. The van der Waals surface area contributed by atoms with Crippen LogP contribution in [0, 0.1) is 11.3 Å². The first-order chi connectivity index (χ1) is 19.3. The molecule has 1 unspecified atom stereocenters. The number of piperazine rings is 1. The molecular formula is C25H25ClF3N9O3. The third-order valence-corrected chi connectivity index (χ3v) is 6.77. The second kappa shape index (κ2) is 11.6. The number of rotatable bonds is 6. The van der Waals surface area contributed by atoms with Gasteiger partial charge in [0.2, 0.25) is 5.91 Å². The van der Waals surface area contributed by atoms with E-state index in [4.69, 9.17) is 22.6 Å². The Morgan fingerprint density at radius 3 is 2.44 bits per heavy atom. The van der Waals surface area contributed by atoms with Gasteiger partial charge in [-0.1, -0.05) is 11.6 Å². The van der Waals surface area contributed by atoms with Gasteiger partial charge in [0.25, 0.3) is 11.8 Å². The summed E-state index contributed by atoms with van der Waals surface area (Å²) in [5, 5.41) is 14.9. The average molecular weight is 592 g/mol. The Labute approximate surface area is 237 Å². The van der Waals surface area contributed by atoms with Gasteiger partial charge in [-0.15, -0.1) is 0 Å². The van der Waals surface area contributed by atoms with Gasteiger partial charge in [-0.3, -0.25) is 19.1 Å². The van der Waals surface area contributed by atoms with Crippen LogP contribution in [0.5, 0.6) is 0 Å². The second-order valence-electron chi connectivity index (χ2n) is 9.33. The molecule has 216 valence electrons. The lowest BCUT2D eigenvalue weighted by atomic mass is 10.1. The fourth-order valence-corrected chi connectivity index (χ4v) is 4.65. The van der Waals surface area contributed by atoms with Gasteiger partial charge < -0.3 is 25.4 Å². The summed E-state index contributed by atoms with van der Waals surface area (Å²) in [6.45, 7) is 2.50. The van der Waals surface area contributed by atoms with Gasteiger partial charge in [-0.05, 0) is 25.1 Å². The first-order valence-electron chi connectivity index (χ1n) is 12.3. The molecule has 0 bridgehead atoms. The normalized spacial score (nSPS) is 14.5. The number of aromatic nitrogens is 4. The van der Waals surface area contributed by atoms with E-state index >= 15 is 0 Å². The van der Waals surface area contributed by atoms with Crippen LogP contribution in [0.25, 0.3) is 11.3 Å². The molecule has 3 amide bonds. The Morgan fingerprint density at radius 2 is 1.85 bits per heavy atom. The lowest BCUT2D eigenvalue weighted by Gasteiger charge is -2.35. The van der Waals surface area contributed by atoms with Crippen molar-refractivity contribution in [2.24, 2.45) is 12.8 Å². The maximum atomic E-state index is 13.6. The number of nitrogens with zero attached hydrogens (tertiary/aromatic N) is 7. The molecule has 1 atom stereocenters. The molecule has 1 aromatic carbocycles. The zero-order chi connectivity index (χ0) is 30.1. The van der Waals surface area contributed by atoms with Crippen LogP contribution in [0.15, 0.2) is 30.6 Å². The third-order valence-electron chi connectivity index (χ3n) is 6.46. The summed E-state index contributed by atoms with van der Waals surface area (Å²) < 4.78 is 42.7. The van der Waals surface area contributed by atoms with Crippen LogP contribution in [0.4, 0.5) is 18.9 Å². The highest BCUT2D eigenvalue weighted by atomic mass is 35.5. The van der Waals surface area contributed by atoms with Crippen LogP contribution in [0.2, 0.25) is 5.02 Å². The summed E-state index contributed by atoms with van der Waals surface area (Å²) in [7, 11) is 1.37. The number of hydrogen-bond acceptors (Lipinski definition) is 7. The lowest BCUT2D eigenvalue weighted by Crippen LogP contribution is -2.53. The fourth-order valence-electron chi connectivity index (χ4n) is 4.38. The van der Waals surface area contributed by atoms with Gasteiger partial charge in [0, 0.05) is 45.1 Å². The zero-order valence-corrected chi connectivity index (χ0v) is 22.7. The lowest BCUT2D eigenvalue weighted by molar-refractivity contribution is -0.141. The summed E-state index contributed by atoms with van der Waals surface area (Å²) in [6, 6.07) is 5.39. The van der Waals surface area contributed by atoms with Crippen LogP contribution in [-0.4, -0.2) is 79.1 Å². The number of alkyl halides is 3. The molecule has 0 aliphatic carbocycles. The van der Waals surface area contributed by atoms with E-state index in [0.717, 1.165) is 17.1 Å². The van der Waals surface area contributed by atoms with E-state index < -0.39 is 30.4 Å². The Morgan fingerprint density at radius 1 is 1.20 bits per heavy atom. The van der Waals surface area contributed by atoms with E-state index in [1.807, 2.05) is 0 Å². The maximum Gasteiger partial charge on any atom is 0.435 e. The molecule has 0 spiro atoms. The molecule has 3 heterocycles. The van der Waals surface area contributed by atoms with Gasteiger partial charge in [-0.2, -0.15) is 23.5 Å². The van der Waals surface area contributed by atoms with Crippen molar-refractivity contribution in [1.29, 1.82) is 5.26 Å². The molecule has 41 heavy (non-hydrogen) atoms. The number of carbonyl (C=O) groups is 3. The van der Waals surface area contributed by atoms with E-state index in [-0.39, 0.29) is 45.2 Å². The number of nitrogens with two attached hydrogens (primary N) is 1. The van der Waals surface area contributed by atoms with Crippen LogP contribution >= 0.6 is 11.6 Å². The van der Waals surface area contributed by atoms with Gasteiger partial charge in [0.15, 0.2) is 11.5 Å². The summed E-state index contributed by atoms with van der Waals surface area (Å²) in [4.78, 5) is 45.2. The summed E-state index contributed by atoms with van der Waals surface area (Å²) >= 11 is 6.36. The molecule has 4 rings (SSSR count). The second-order valence-corrected chi connectivity index (χ2v) is 9.73. The first-order valence-corrected chi connectivity index (χ1v) is 12.7. The number of nitriles is 1. The monoisotopic (exact) mass is 591 g/mol. The van der Waals surface area contributed by atoms with Crippen molar-refractivity contribution >= 4 is 35.0 Å². The molecule has 2 aromatic heterocycles. The highest BCUT2D eigenvalue weighted by Crippen LogP contribution is 2.36. The van der Waals surface area contributed by atoms with E-state index in [1.165, 1.54) is 29.8 Å². The average Bonchev–Trinajstić information content (AvgIpc) is 3.51. The molecule has 1 aliphatic rings. The predicted molar refractivity (Wildman–Crippen MR) is 141 cm³/mol. The highest BCUT2D eigenvalue weighted by Gasteiger charge is 2.38. The Bertz CT molecular complexity index is 1530. The SMILES string of the molecule is CC(N)C(=O)N1CCN(C(=O)c2ccc(NC(=O)c3ncc(-c4cn(CC#N)nc4C(F)(F)F)n3C)cc2Cl)CC1. The van der Waals surface area contributed by atoms with Gasteiger partial charge >= 0.3 is 6.18 Å². The van der Waals surface area contributed by atoms with Crippen molar-refractivity contribution in [2.45, 2.75) is 25.7 Å². The fraction of sp³-hybridized carbons (Fsp3) is 0.360. The number of nitrogens with one attached hydrogen (secondary N) is 1. The van der Waals surface area contributed by atoms with E-state index in [2.05, 4.69) is 15.4 Å². The van der Waals surface area contributed by atoms with Gasteiger partial charge in [-0.25, -0.2) is 4.98 Å². The minimum atomic E-state index is -4.80. The van der Waals surface area contributed by atoms with Crippen molar-refractivity contribution in [3.8, 4) is 17.3 Å². The molecular weight excluding hydrogens is 567 g/mol. The highest BCUT2D eigenvalue weighted by molar-refractivity contribution is 6.34. The number of hydrogen-bond donors (Lipinski definition) is 2. The van der Waals surface area contributed by atoms with E-state index in [1.54, 1.807) is 22.8 Å². The molecule has 16 heteroatoms. The minimum Gasteiger partial charge on any atom is -0.338 e. The molecule has 3 aromatic rings. The van der Waals surface area contributed by atoms with Crippen LogP contribution in [-0.2, 0) is 24.6 Å². The summed E-state index contributed by atoms with van der Waals surface area (Å²) in [5.74, 6) is -1.46. The van der Waals surface area contributed by atoms with Crippen molar-refractivity contribution in [1.82, 2.24) is 29.1 Å². The van der Waals surface area contributed by atoms with Crippen molar-refractivity contribution in [2.75, 3.05) is 31.5 Å². The number of halogens is 4. The number of amides is 3. The van der Waals surface area contributed by atoms with E-state index in [9.17, 15) is 27.6 Å². The first kappa shape index (κ1) is 29.6. The number of benzene rings is 1. The largest absolute Gasteiger partial charge is 0.435 e. The molecule has 0 radical (unpaired) electrons. The topological polar surface area (TPSA) is 155 Å². The molecule has 0 saturated carbocycles. The smallest absolute Gasteiger partial charge is 0.338 e. The van der Waals surface area contributed by atoms with Gasteiger partial charge in [0.1, 0.15) is 6.54 Å². The van der Waals surface area contributed by atoms with Gasteiger partial charge in [0.05, 0.1) is 40.2 Å². The number of imidazole rings is 1. The minimum absolute atomic E-state index is 0.0339. The Hall–Kier alpha value is -4.42. The maximum absolute atomic E-state index is 13.6. The molecule has 1 saturated heterocycles. The summed E-state index contributed by atoms with van der Waals surface area (Å²) in [6.07, 6.45) is -2.63. The molecule has 3 N–H and O–H groups in total. The summed E-state index contributed by atoms with van der Waals surface area (Å²) in [5.41, 5.74) is 4.49. The van der Waals surface area contributed by atoms with Crippen LogP contribution < -0.4 is 11.1 Å².